The van der Waals surface area contributed by atoms with Crippen molar-refractivity contribution in [2.75, 3.05) is 26.2 Å². The van der Waals surface area contributed by atoms with Crippen LogP contribution in [0.3, 0.4) is 0 Å². The molecule has 0 radical (unpaired) electrons. The first-order valence-electron chi connectivity index (χ1n) is 7.34. The monoisotopic (exact) mass is 224 g/mol. The Morgan fingerprint density at radius 1 is 1.25 bits per heavy atom. The van der Waals surface area contributed by atoms with Crippen molar-refractivity contribution >= 4 is 0 Å². The fraction of sp³-hybridized carbons (Fsp3) is 1.00. The van der Waals surface area contributed by atoms with Crippen LogP contribution in [0.15, 0.2) is 0 Å². The number of nitrogens with zero attached hydrogens (tertiary/aromatic N) is 1. The number of likely N-dealkylation sites (tertiary alicyclic amines) is 1. The van der Waals surface area contributed by atoms with Crippen molar-refractivity contribution in [1.82, 2.24) is 10.2 Å². The van der Waals surface area contributed by atoms with Crippen molar-refractivity contribution in [3.63, 3.8) is 0 Å². The molecule has 1 aliphatic heterocycles. The molecule has 0 aromatic rings. The smallest absolute Gasteiger partial charge is 0.00670 e. The third kappa shape index (κ3) is 4.42. The van der Waals surface area contributed by atoms with E-state index in [1.165, 1.54) is 71.1 Å². The van der Waals surface area contributed by atoms with Gasteiger partial charge in [0.05, 0.1) is 0 Å². The van der Waals surface area contributed by atoms with Crippen LogP contribution in [0.25, 0.3) is 0 Å². The Morgan fingerprint density at radius 3 is 2.62 bits per heavy atom. The zero-order valence-corrected chi connectivity index (χ0v) is 10.9. The number of hydrogen-bond acceptors (Lipinski definition) is 2. The van der Waals surface area contributed by atoms with Gasteiger partial charge < -0.3 is 10.2 Å². The summed E-state index contributed by atoms with van der Waals surface area (Å²) in [6.07, 6.45) is 9.90. The molecule has 1 heterocycles. The summed E-state index contributed by atoms with van der Waals surface area (Å²) in [6.45, 7) is 7.55. The van der Waals surface area contributed by atoms with E-state index in [1.54, 1.807) is 0 Å². The van der Waals surface area contributed by atoms with Crippen LogP contribution < -0.4 is 5.32 Å². The molecule has 1 saturated heterocycles. The van der Waals surface area contributed by atoms with Gasteiger partial charge in [-0.3, -0.25) is 0 Å². The molecule has 2 aliphatic rings. The Balaban J connectivity index is 1.48. The molecule has 1 saturated carbocycles. The summed E-state index contributed by atoms with van der Waals surface area (Å²) >= 11 is 0. The molecule has 0 amide bonds. The lowest BCUT2D eigenvalue weighted by Crippen LogP contribution is -2.32. The molecule has 2 nitrogen and oxygen atoms in total. The Morgan fingerprint density at radius 2 is 2.00 bits per heavy atom. The normalized spacial score (nSPS) is 23.8. The first-order valence-corrected chi connectivity index (χ1v) is 7.34. The van der Waals surface area contributed by atoms with Crippen LogP contribution in [-0.2, 0) is 0 Å². The summed E-state index contributed by atoms with van der Waals surface area (Å²) in [4.78, 5) is 2.61. The molecule has 0 bridgehead atoms. The van der Waals surface area contributed by atoms with Crippen LogP contribution in [-0.4, -0.2) is 37.1 Å². The van der Waals surface area contributed by atoms with Gasteiger partial charge in [-0.1, -0.05) is 19.8 Å². The van der Waals surface area contributed by atoms with E-state index in [0.717, 1.165) is 12.0 Å². The van der Waals surface area contributed by atoms with Crippen LogP contribution >= 0.6 is 0 Å². The Kier molecular flexibility index (Phi) is 5.11. The summed E-state index contributed by atoms with van der Waals surface area (Å²) in [5.41, 5.74) is 0. The van der Waals surface area contributed by atoms with E-state index < -0.39 is 0 Å². The highest BCUT2D eigenvalue weighted by Crippen LogP contribution is 2.33. The minimum Gasteiger partial charge on any atom is -0.314 e. The molecule has 16 heavy (non-hydrogen) atoms. The van der Waals surface area contributed by atoms with Crippen molar-refractivity contribution in [3.05, 3.63) is 0 Å². The van der Waals surface area contributed by atoms with E-state index in [9.17, 15) is 0 Å². The van der Waals surface area contributed by atoms with E-state index in [1.807, 2.05) is 0 Å². The lowest BCUT2D eigenvalue weighted by Gasteiger charge is -2.18. The lowest BCUT2D eigenvalue weighted by atomic mass is 10.1. The van der Waals surface area contributed by atoms with Crippen molar-refractivity contribution in [1.29, 1.82) is 0 Å². The predicted octanol–water partition coefficient (Wildman–Crippen LogP) is 2.64. The van der Waals surface area contributed by atoms with Gasteiger partial charge in [-0.2, -0.15) is 0 Å². The van der Waals surface area contributed by atoms with E-state index in [-0.39, 0.29) is 0 Å². The number of nitrogens with one attached hydrogen (secondary N) is 1. The highest BCUT2D eigenvalue weighted by molar-refractivity contribution is 4.79. The second-order valence-electron chi connectivity index (χ2n) is 5.64. The maximum atomic E-state index is 3.74. The third-order valence-corrected chi connectivity index (χ3v) is 4.09. The molecule has 0 aromatic carbocycles. The van der Waals surface area contributed by atoms with Gasteiger partial charge in [0, 0.05) is 6.04 Å². The molecule has 2 fully saturated rings. The van der Waals surface area contributed by atoms with E-state index >= 15 is 0 Å². The van der Waals surface area contributed by atoms with Crippen LogP contribution in [0, 0.1) is 5.92 Å². The molecular weight excluding hydrogens is 196 g/mol. The van der Waals surface area contributed by atoms with Gasteiger partial charge in [0.15, 0.2) is 0 Å². The predicted molar refractivity (Wildman–Crippen MR) is 69.7 cm³/mol. The first-order chi connectivity index (χ1) is 7.88. The fourth-order valence-electron chi connectivity index (χ4n) is 2.77. The standard InChI is InChI=1S/C14H28N2/c1-2-14(12-13-6-7-13)15-8-5-11-16-9-3-4-10-16/h13-15H,2-12H2,1H3. The van der Waals surface area contributed by atoms with Gasteiger partial charge in [0.25, 0.3) is 0 Å². The lowest BCUT2D eigenvalue weighted by molar-refractivity contribution is 0.324. The van der Waals surface area contributed by atoms with Gasteiger partial charge in [0.2, 0.25) is 0 Å². The molecule has 1 aliphatic carbocycles. The molecule has 2 rings (SSSR count). The molecule has 2 heteroatoms. The average Bonchev–Trinajstić information content (AvgIpc) is 2.96. The molecule has 1 atom stereocenters. The second kappa shape index (κ2) is 6.61. The van der Waals surface area contributed by atoms with Crippen molar-refractivity contribution in [3.8, 4) is 0 Å². The van der Waals surface area contributed by atoms with Crippen molar-refractivity contribution in [2.45, 2.75) is 57.9 Å². The van der Waals surface area contributed by atoms with Crippen LogP contribution in [0.4, 0.5) is 0 Å². The highest BCUT2D eigenvalue weighted by atomic mass is 15.1. The van der Waals surface area contributed by atoms with Crippen molar-refractivity contribution < 1.29 is 0 Å². The van der Waals surface area contributed by atoms with Gasteiger partial charge in [-0.05, 0) is 64.2 Å². The maximum Gasteiger partial charge on any atom is 0.00670 e. The molecule has 1 N–H and O–H groups in total. The van der Waals surface area contributed by atoms with E-state index in [2.05, 4.69) is 17.1 Å². The average molecular weight is 224 g/mol. The largest absolute Gasteiger partial charge is 0.314 e. The van der Waals surface area contributed by atoms with Gasteiger partial charge >= 0.3 is 0 Å². The minimum absolute atomic E-state index is 0.797. The summed E-state index contributed by atoms with van der Waals surface area (Å²) in [7, 11) is 0. The number of hydrogen-bond donors (Lipinski definition) is 1. The Bertz CT molecular complexity index is 183. The fourth-order valence-corrected chi connectivity index (χ4v) is 2.77. The first kappa shape index (κ1) is 12.4. The maximum absolute atomic E-state index is 3.74. The SMILES string of the molecule is CCC(CC1CC1)NCCCN1CCCC1. The highest BCUT2D eigenvalue weighted by Gasteiger charge is 2.24. The summed E-state index contributed by atoms with van der Waals surface area (Å²) in [5, 5.41) is 3.74. The van der Waals surface area contributed by atoms with Crippen LogP contribution in [0.1, 0.15) is 51.9 Å². The Labute approximate surface area is 101 Å². The topological polar surface area (TPSA) is 15.3 Å². The van der Waals surface area contributed by atoms with E-state index in [4.69, 9.17) is 0 Å². The Hall–Kier alpha value is -0.0800. The molecule has 1 unspecified atom stereocenters. The van der Waals surface area contributed by atoms with Gasteiger partial charge in [-0.25, -0.2) is 0 Å². The van der Waals surface area contributed by atoms with Gasteiger partial charge in [0.1, 0.15) is 0 Å². The minimum atomic E-state index is 0.797. The summed E-state index contributed by atoms with van der Waals surface area (Å²) in [6, 6.07) is 0.797. The molecule has 0 spiro atoms. The number of rotatable bonds is 8. The van der Waals surface area contributed by atoms with E-state index in [0.29, 0.717) is 0 Å². The molecule has 94 valence electrons. The second-order valence-corrected chi connectivity index (χ2v) is 5.64. The third-order valence-electron chi connectivity index (χ3n) is 4.09. The van der Waals surface area contributed by atoms with Crippen molar-refractivity contribution in [2.24, 2.45) is 5.92 Å². The quantitative estimate of drug-likeness (QED) is 0.638. The zero-order chi connectivity index (χ0) is 11.2. The summed E-state index contributed by atoms with van der Waals surface area (Å²) in [5.74, 6) is 1.07. The molecular formula is C14H28N2. The van der Waals surface area contributed by atoms with Gasteiger partial charge in [-0.15, -0.1) is 0 Å². The zero-order valence-electron chi connectivity index (χ0n) is 10.9. The van der Waals surface area contributed by atoms with Crippen LogP contribution in [0.5, 0.6) is 0 Å². The molecule has 0 aromatic heterocycles. The summed E-state index contributed by atoms with van der Waals surface area (Å²) < 4.78 is 0. The van der Waals surface area contributed by atoms with Crippen LogP contribution in [0.2, 0.25) is 0 Å².